The standard InChI is InChI=1S/C17H26N2O/c1-5-13-19(17(2,3)4)16(20)15(18)12-11-14-9-7-6-8-10-14/h5-10,15H,1,11-13,18H2,2-4H3/t15-/m0/s1. The van der Waals surface area contributed by atoms with Crippen LogP contribution in [0.25, 0.3) is 0 Å². The number of hydrogen-bond donors (Lipinski definition) is 1. The van der Waals surface area contributed by atoms with Crippen molar-refractivity contribution in [3.05, 3.63) is 48.6 Å². The molecule has 1 rings (SSSR count). The van der Waals surface area contributed by atoms with Crippen LogP contribution in [0.2, 0.25) is 0 Å². The van der Waals surface area contributed by atoms with E-state index in [0.717, 1.165) is 6.42 Å². The van der Waals surface area contributed by atoms with E-state index in [0.29, 0.717) is 13.0 Å². The van der Waals surface area contributed by atoms with Gasteiger partial charge in [-0.15, -0.1) is 6.58 Å². The molecule has 0 bridgehead atoms. The molecule has 0 saturated heterocycles. The third-order valence-electron chi connectivity index (χ3n) is 3.29. The van der Waals surface area contributed by atoms with Crippen molar-refractivity contribution in [2.75, 3.05) is 6.54 Å². The van der Waals surface area contributed by atoms with Crippen LogP contribution >= 0.6 is 0 Å². The van der Waals surface area contributed by atoms with Crippen molar-refractivity contribution < 1.29 is 4.79 Å². The molecule has 0 aliphatic heterocycles. The quantitative estimate of drug-likeness (QED) is 0.811. The minimum absolute atomic E-state index is 0.00617. The molecule has 2 N–H and O–H groups in total. The Hall–Kier alpha value is -1.61. The summed E-state index contributed by atoms with van der Waals surface area (Å²) in [5.41, 5.74) is 7.04. The molecule has 1 aromatic carbocycles. The Morgan fingerprint density at radius 2 is 1.95 bits per heavy atom. The first-order valence-electron chi connectivity index (χ1n) is 7.08. The second-order valence-corrected chi connectivity index (χ2v) is 6.04. The van der Waals surface area contributed by atoms with Crippen LogP contribution < -0.4 is 5.73 Å². The lowest BCUT2D eigenvalue weighted by Gasteiger charge is -2.36. The number of carbonyl (C=O) groups is 1. The van der Waals surface area contributed by atoms with Gasteiger partial charge in [-0.25, -0.2) is 0 Å². The Labute approximate surface area is 122 Å². The molecule has 0 fully saturated rings. The van der Waals surface area contributed by atoms with Gasteiger partial charge in [0, 0.05) is 12.1 Å². The predicted molar refractivity (Wildman–Crippen MR) is 84.4 cm³/mol. The van der Waals surface area contributed by atoms with E-state index in [-0.39, 0.29) is 11.4 Å². The minimum Gasteiger partial charge on any atom is -0.333 e. The third-order valence-corrected chi connectivity index (χ3v) is 3.29. The van der Waals surface area contributed by atoms with Crippen molar-refractivity contribution in [1.82, 2.24) is 4.90 Å². The van der Waals surface area contributed by atoms with E-state index >= 15 is 0 Å². The van der Waals surface area contributed by atoms with E-state index in [1.165, 1.54) is 5.56 Å². The highest BCUT2D eigenvalue weighted by molar-refractivity contribution is 5.82. The molecular weight excluding hydrogens is 248 g/mol. The van der Waals surface area contributed by atoms with Gasteiger partial charge in [-0.3, -0.25) is 4.79 Å². The van der Waals surface area contributed by atoms with Crippen LogP contribution in [0.4, 0.5) is 0 Å². The van der Waals surface area contributed by atoms with Gasteiger partial charge in [0.05, 0.1) is 6.04 Å². The molecule has 0 radical (unpaired) electrons. The fourth-order valence-electron chi connectivity index (χ4n) is 2.11. The van der Waals surface area contributed by atoms with Gasteiger partial charge in [0.1, 0.15) is 0 Å². The Morgan fingerprint density at radius 3 is 2.45 bits per heavy atom. The molecule has 1 amide bonds. The maximum absolute atomic E-state index is 12.5. The number of rotatable bonds is 6. The molecule has 0 unspecified atom stereocenters. The number of amides is 1. The molecule has 1 aromatic rings. The highest BCUT2D eigenvalue weighted by Crippen LogP contribution is 2.16. The average Bonchev–Trinajstić information content (AvgIpc) is 2.41. The molecule has 0 spiro atoms. The van der Waals surface area contributed by atoms with Crippen LogP contribution in [0.1, 0.15) is 32.8 Å². The average molecular weight is 274 g/mol. The zero-order valence-electron chi connectivity index (χ0n) is 12.8. The lowest BCUT2D eigenvalue weighted by Crippen LogP contribution is -2.52. The van der Waals surface area contributed by atoms with Crippen LogP contribution in [0.15, 0.2) is 43.0 Å². The van der Waals surface area contributed by atoms with Crippen LogP contribution in [0.5, 0.6) is 0 Å². The monoisotopic (exact) mass is 274 g/mol. The summed E-state index contributed by atoms with van der Waals surface area (Å²) in [7, 11) is 0. The van der Waals surface area contributed by atoms with Crippen LogP contribution in [0.3, 0.4) is 0 Å². The first-order chi connectivity index (χ1) is 9.36. The number of carbonyl (C=O) groups excluding carboxylic acids is 1. The van der Waals surface area contributed by atoms with Gasteiger partial charge < -0.3 is 10.6 Å². The number of hydrogen-bond acceptors (Lipinski definition) is 2. The summed E-state index contributed by atoms with van der Waals surface area (Å²) < 4.78 is 0. The second-order valence-electron chi connectivity index (χ2n) is 6.04. The van der Waals surface area contributed by atoms with E-state index in [2.05, 4.69) is 18.7 Å². The number of nitrogens with two attached hydrogens (primary N) is 1. The van der Waals surface area contributed by atoms with Gasteiger partial charge in [0.25, 0.3) is 0 Å². The van der Waals surface area contributed by atoms with Gasteiger partial charge in [-0.1, -0.05) is 36.4 Å². The molecule has 0 aromatic heterocycles. The van der Waals surface area contributed by atoms with E-state index < -0.39 is 6.04 Å². The molecular formula is C17H26N2O. The summed E-state index contributed by atoms with van der Waals surface area (Å²) in [5, 5.41) is 0. The van der Waals surface area contributed by atoms with Crippen molar-refractivity contribution in [2.45, 2.75) is 45.2 Å². The molecule has 0 saturated carbocycles. The molecule has 0 heterocycles. The highest BCUT2D eigenvalue weighted by Gasteiger charge is 2.28. The van der Waals surface area contributed by atoms with Gasteiger partial charge in [0.15, 0.2) is 0 Å². The summed E-state index contributed by atoms with van der Waals surface area (Å²) in [5.74, 6) is -0.00617. The van der Waals surface area contributed by atoms with Crippen LogP contribution in [-0.4, -0.2) is 28.9 Å². The van der Waals surface area contributed by atoms with Crippen molar-refractivity contribution in [3.63, 3.8) is 0 Å². The first kappa shape index (κ1) is 16.4. The van der Waals surface area contributed by atoms with E-state index in [4.69, 9.17) is 5.73 Å². The molecule has 3 nitrogen and oxygen atoms in total. The fraction of sp³-hybridized carbons (Fsp3) is 0.471. The number of aryl methyl sites for hydroxylation is 1. The normalized spacial score (nSPS) is 12.8. The molecule has 0 aliphatic rings. The maximum Gasteiger partial charge on any atom is 0.240 e. The Balaban J connectivity index is 2.63. The SMILES string of the molecule is C=CCN(C(=O)[C@@H](N)CCc1ccccc1)C(C)(C)C. The molecule has 1 atom stereocenters. The second kappa shape index (κ2) is 7.25. The highest BCUT2D eigenvalue weighted by atomic mass is 16.2. The Morgan fingerprint density at radius 1 is 1.35 bits per heavy atom. The summed E-state index contributed by atoms with van der Waals surface area (Å²) in [4.78, 5) is 14.2. The largest absolute Gasteiger partial charge is 0.333 e. The molecule has 3 heteroatoms. The summed E-state index contributed by atoms with van der Waals surface area (Å²) >= 11 is 0. The molecule has 20 heavy (non-hydrogen) atoms. The number of benzene rings is 1. The number of nitrogens with zero attached hydrogens (tertiary/aromatic N) is 1. The zero-order chi connectivity index (χ0) is 15.2. The summed E-state index contributed by atoms with van der Waals surface area (Å²) in [6.07, 6.45) is 3.22. The van der Waals surface area contributed by atoms with Crippen molar-refractivity contribution in [1.29, 1.82) is 0 Å². The predicted octanol–water partition coefficient (Wildman–Crippen LogP) is 2.76. The fourth-order valence-corrected chi connectivity index (χ4v) is 2.11. The summed E-state index contributed by atoms with van der Waals surface area (Å²) in [6.45, 7) is 10.3. The molecule has 110 valence electrons. The zero-order valence-corrected chi connectivity index (χ0v) is 12.8. The van der Waals surface area contributed by atoms with Crippen molar-refractivity contribution in [3.8, 4) is 0 Å². The lowest BCUT2D eigenvalue weighted by atomic mass is 10.0. The first-order valence-corrected chi connectivity index (χ1v) is 7.08. The van der Waals surface area contributed by atoms with Gasteiger partial charge in [0.2, 0.25) is 5.91 Å². The van der Waals surface area contributed by atoms with Crippen molar-refractivity contribution >= 4 is 5.91 Å². The Bertz CT molecular complexity index is 434. The van der Waals surface area contributed by atoms with Gasteiger partial charge in [-0.05, 0) is 39.2 Å². The minimum atomic E-state index is -0.464. The van der Waals surface area contributed by atoms with Crippen LogP contribution in [0, 0.1) is 0 Å². The Kier molecular flexibility index (Phi) is 5.96. The van der Waals surface area contributed by atoms with Crippen molar-refractivity contribution in [2.24, 2.45) is 5.73 Å². The van der Waals surface area contributed by atoms with E-state index in [9.17, 15) is 4.79 Å². The topological polar surface area (TPSA) is 46.3 Å². The van der Waals surface area contributed by atoms with E-state index in [1.54, 1.807) is 11.0 Å². The van der Waals surface area contributed by atoms with E-state index in [1.807, 2.05) is 39.0 Å². The van der Waals surface area contributed by atoms with Crippen LogP contribution in [-0.2, 0) is 11.2 Å². The smallest absolute Gasteiger partial charge is 0.240 e. The van der Waals surface area contributed by atoms with Gasteiger partial charge >= 0.3 is 0 Å². The lowest BCUT2D eigenvalue weighted by molar-refractivity contribution is -0.136. The summed E-state index contributed by atoms with van der Waals surface area (Å²) in [6, 6.07) is 9.64. The molecule has 0 aliphatic carbocycles. The third kappa shape index (κ3) is 4.82. The van der Waals surface area contributed by atoms with Gasteiger partial charge in [-0.2, -0.15) is 0 Å². The maximum atomic E-state index is 12.5.